The van der Waals surface area contributed by atoms with Crippen molar-refractivity contribution < 1.29 is 9.59 Å². The van der Waals surface area contributed by atoms with Gasteiger partial charge in [0.25, 0.3) is 0 Å². The maximum atomic E-state index is 13.8. The minimum absolute atomic E-state index is 0.0435. The number of hydrogen-bond donors (Lipinski definition) is 2. The second-order valence-corrected chi connectivity index (χ2v) is 16.9. The van der Waals surface area contributed by atoms with E-state index in [0.29, 0.717) is 24.9 Å². The van der Waals surface area contributed by atoms with Gasteiger partial charge in [0.15, 0.2) is 11.3 Å². The highest BCUT2D eigenvalue weighted by atomic mass is 16.2. The van der Waals surface area contributed by atoms with Crippen LogP contribution in [0.15, 0.2) is 37.1 Å². The standard InChI is InChI=1S/C40H50N12O2/c1-23-6-13-49(39(53)25-8-11-47(3)19-25)21-29(23)37-45-16-27-15-42-36-34(51(27)37)28(17-43-36)33-32-18-44-35-31(5-10-41-35)52(32)38(46-33)30-22-50(14-7-24(30)2)40(54)26-9-12-48(4)20-26/h5,10,15-18,23-26,29-30,41,43H,6-9,11-14,19-22H2,1-4H3/t23-,24-,25-,26+,29+,30+/m1/s1. The molecule has 4 fully saturated rings. The van der Waals surface area contributed by atoms with Crippen LogP contribution in [0, 0.1) is 23.7 Å². The molecule has 4 saturated heterocycles. The number of nitrogens with zero attached hydrogens (tertiary/aromatic N) is 10. The average molecular weight is 731 g/mol. The molecule has 10 heterocycles. The molecule has 0 aliphatic carbocycles. The molecule has 0 unspecified atom stereocenters. The molecule has 14 nitrogen and oxygen atoms in total. The lowest BCUT2D eigenvalue weighted by atomic mass is 9.85. The first-order valence-corrected chi connectivity index (χ1v) is 19.9. The van der Waals surface area contributed by atoms with E-state index in [9.17, 15) is 9.59 Å². The van der Waals surface area contributed by atoms with E-state index < -0.39 is 0 Å². The van der Waals surface area contributed by atoms with Crippen LogP contribution < -0.4 is 0 Å². The molecule has 0 bridgehead atoms. The first-order valence-electron chi connectivity index (χ1n) is 19.9. The summed E-state index contributed by atoms with van der Waals surface area (Å²) in [5.41, 5.74) is 7.02. The van der Waals surface area contributed by atoms with Gasteiger partial charge in [-0.25, -0.2) is 19.9 Å². The van der Waals surface area contributed by atoms with Gasteiger partial charge in [0.05, 0.1) is 47.0 Å². The van der Waals surface area contributed by atoms with Gasteiger partial charge in [-0.1, -0.05) is 13.8 Å². The van der Waals surface area contributed by atoms with Gasteiger partial charge in [0.2, 0.25) is 11.8 Å². The number of nitrogens with one attached hydrogen (secondary N) is 2. The average Bonchev–Trinajstić information content (AvgIpc) is 4.03. The topological polar surface area (TPSA) is 139 Å². The van der Waals surface area contributed by atoms with Crippen LogP contribution in [0.5, 0.6) is 0 Å². The molecule has 0 saturated carbocycles. The van der Waals surface area contributed by atoms with E-state index in [-0.39, 0.29) is 35.5 Å². The number of amides is 2. The van der Waals surface area contributed by atoms with E-state index in [1.807, 2.05) is 31.0 Å². The second-order valence-electron chi connectivity index (χ2n) is 16.9. The summed E-state index contributed by atoms with van der Waals surface area (Å²) in [6, 6.07) is 2.07. The number of H-pyrrole nitrogens is 2. The van der Waals surface area contributed by atoms with E-state index in [1.54, 1.807) is 0 Å². The lowest BCUT2D eigenvalue weighted by molar-refractivity contribution is -0.137. The molecular formula is C40H50N12O2. The lowest BCUT2D eigenvalue weighted by Crippen LogP contribution is -2.45. The Hall–Kier alpha value is -4.82. The first kappa shape index (κ1) is 33.7. The summed E-state index contributed by atoms with van der Waals surface area (Å²) < 4.78 is 4.52. The molecular weight excluding hydrogens is 681 g/mol. The third-order valence-corrected chi connectivity index (χ3v) is 13.3. The SMILES string of the molecule is C[C@@H]1CCN(C(=O)[C@H]2CCN(C)C2)C[C@@H]1c1nc(-c2c[nH]c3ncc4cnc([C@H]5CN(C(=O)[C@@H]6CCN(C)C6)CC[C@H]5C)n4c23)c2cnc3[nH]ccc3n12. The fraction of sp³-hybridized carbons (Fsp3) is 0.550. The minimum Gasteiger partial charge on any atom is -0.345 e. The molecule has 2 N–H and O–H groups in total. The Bertz CT molecular complexity index is 2400. The third kappa shape index (κ3) is 5.35. The molecule has 4 aliphatic rings. The molecule has 0 radical (unpaired) electrons. The van der Waals surface area contributed by atoms with Crippen LogP contribution in [0.1, 0.15) is 63.0 Å². The van der Waals surface area contributed by atoms with Crippen molar-refractivity contribution in [1.29, 1.82) is 0 Å². The van der Waals surface area contributed by atoms with Gasteiger partial charge in [-0.3, -0.25) is 18.4 Å². The van der Waals surface area contributed by atoms with Gasteiger partial charge in [0.1, 0.15) is 22.9 Å². The zero-order valence-corrected chi connectivity index (χ0v) is 31.7. The summed E-state index contributed by atoms with van der Waals surface area (Å²) in [5.74, 6) is 3.38. The summed E-state index contributed by atoms with van der Waals surface area (Å²) in [6.07, 6.45) is 13.4. The number of imidazole rings is 2. The van der Waals surface area contributed by atoms with Crippen LogP contribution in [0.4, 0.5) is 0 Å². The van der Waals surface area contributed by atoms with Gasteiger partial charge >= 0.3 is 0 Å². The number of aromatic amines is 2. The van der Waals surface area contributed by atoms with Gasteiger partial charge in [0, 0.05) is 69.1 Å². The highest BCUT2D eigenvalue weighted by molar-refractivity contribution is 5.97. The van der Waals surface area contributed by atoms with Gasteiger partial charge < -0.3 is 29.6 Å². The van der Waals surface area contributed by atoms with Gasteiger partial charge in [-0.15, -0.1) is 0 Å². The number of aromatic nitrogens is 8. The summed E-state index contributed by atoms with van der Waals surface area (Å²) in [7, 11) is 4.20. The Morgan fingerprint density at radius 3 is 1.96 bits per heavy atom. The smallest absolute Gasteiger partial charge is 0.227 e. The predicted molar refractivity (Wildman–Crippen MR) is 206 cm³/mol. The number of carbonyl (C=O) groups is 2. The summed E-state index contributed by atoms with van der Waals surface area (Å²) in [5, 5.41) is 0. The molecule has 14 heteroatoms. The van der Waals surface area contributed by atoms with Crippen LogP contribution in [0.3, 0.4) is 0 Å². The van der Waals surface area contributed by atoms with Crippen molar-refractivity contribution in [2.75, 3.05) is 66.5 Å². The van der Waals surface area contributed by atoms with Crippen molar-refractivity contribution in [2.24, 2.45) is 23.7 Å². The highest BCUT2D eigenvalue weighted by Gasteiger charge is 2.39. The van der Waals surface area contributed by atoms with Gasteiger partial charge in [-0.05, 0) is 70.8 Å². The quantitative estimate of drug-likeness (QED) is 0.269. The normalized spacial score (nSPS) is 27.4. The van der Waals surface area contributed by atoms with E-state index in [4.69, 9.17) is 19.9 Å². The summed E-state index contributed by atoms with van der Waals surface area (Å²) >= 11 is 0. The first-order chi connectivity index (χ1) is 26.2. The van der Waals surface area contributed by atoms with Crippen LogP contribution in [0.25, 0.3) is 44.6 Å². The predicted octanol–water partition coefficient (Wildman–Crippen LogP) is 4.21. The molecule has 0 spiro atoms. The Labute approximate surface area is 313 Å². The van der Waals surface area contributed by atoms with E-state index in [2.05, 4.69) is 72.4 Å². The second kappa shape index (κ2) is 12.9. The van der Waals surface area contributed by atoms with Crippen molar-refractivity contribution in [3.63, 3.8) is 0 Å². The molecule has 6 aromatic heterocycles. The van der Waals surface area contributed by atoms with Crippen molar-refractivity contribution in [1.82, 2.24) is 58.3 Å². The van der Waals surface area contributed by atoms with E-state index >= 15 is 0 Å². The molecule has 6 aromatic rings. The van der Waals surface area contributed by atoms with E-state index in [0.717, 1.165) is 121 Å². The summed E-state index contributed by atoms with van der Waals surface area (Å²) in [4.78, 5) is 63.4. The maximum absolute atomic E-state index is 13.8. The van der Waals surface area contributed by atoms with Crippen molar-refractivity contribution >= 4 is 45.2 Å². The fourth-order valence-corrected chi connectivity index (χ4v) is 10.0. The largest absolute Gasteiger partial charge is 0.345 e. The van der Waals surface area contributed by atoms with Crippen LogP contribution in [-0.2, 0) is 9.59 Å². The molecule has 282 valence electrons. The zero-order chi connectivity index (χ0) is 36.8. The number of carbonyl (C=O) groups excluding carboxylic acids is 2. The molecule has 10 rings (SSSR count). The Balaban J connectivity index is 1.08. The monoisotopic (exact) mass is 730 g/mol. The van der Waals surface area contributed by atoms with Gasteiger partial charge in [-0.2, -0.15) is 0 Å². The van der Waals surface area contributed by atoms with Crippen molar-refractivity contribution in [3.05, 3.63) is 48.7 Å². The minimum atomic E-state index is 0.0435. The third-order valence-electron chi connectivity index (χ3n) is 13.3. The highest BCUT2D eigenvalue weighted by Crippen LogP contribution is 2.41. The maximum Gasteiger partial charge on any atom is 0.227 e. The van der Waals surface area contributed by atoms with Crippen LogP contribution >= 0.6 is 0 Å². The van der Waals surface area contributed by atoms with Crippen molar-refractivity contribution in [3.8, 4) is 11.3 Å². The fourth-order valence-electron chi connectivity index (χ4n) is 10.0. The molecule has 6 atom stereocenters. The zero-order valence-electron chi connectivity index (χ0n) is 31.7. The van der Waals surface area contributed by atoms with Crippen LogP contribution in [-0.4, -0.2) is 137 Å². The number of fused-ring (bicyclic) bond motifs is 6. The number of likely N-dealkylation sites (tertiary alicyclic amines) is 4. The summed E-state index contributed by atoms with van der Waals surface area (Å²) in [6.45, 7) is 11.1. The molecule has 54 heavy (non-hydrogen) atoms. The van der Waals surface area contributed by atoms with Crippen molar-refractivity contribution in [2.45, 2.75) is 51.4 Å². The Kier molecular flexibility index (Phi) is 8.06. The number of hydrogen-bond acceptors (Lipinski definition) is 8. The number of piperidine rings is 2. The Morgan fingerprint density at radius 1 is 0.685 bits per heavy atom. The molecule has 4 aliphatic heterocycles. The molecule has 0 aromatic carbocycles. The lowest BCUT2D eigenvalue weighted by Gasteiger charge is -2.37. The number of rotatable bonds is 5. The molecule has 2 amide bonds. The Morgan fingerprint density at radius 2 is 1.31 bits per heavy atom. The van der Waals surface area contributed by atoms with E-state index in [1.165, 1.54) is 0 Å². The van der Waals surface area contributed by atoms with Crippen LogP contribution in [0.2, 0.25) is 0 Å².